The summed E-state index contributed by atoms with van der Waals surface area (Å²) in [6.07, 6.45) is -0.155. The molecule has 0 bridgehead atoms. The predicted molar refractivity (Wildman–Crippen MR) is 52.4 cm³/mol. The van der Waals surface area contributed by atoms with Gasteiger partial charge in [-0.05, 0) is 17.4 Å². The monoisotopic (exact) mass is 213 g/mol. The number of aromatic nitrogens is 4. The molecule has 84 valence electrons. The molecule has 1 aliphatic rings. The van der Waals surface area contributed by atoms with Crippen molar-refractivity contribution in [1.29, 1.82) is 0 Å². The van der Waals surface area contributed by atoms with E-state index in [1.165, 1.54) is 0 Å². The Bertz CT molecular complexity index is 329. The second-order valence-electron chi connectivity index (χ2n) is 3.74. The summed E-state index contributed by atoms with van der Waals surface area (Å²) in [6.45, 7) is 3.26. The molecular weight excluding hydrogens is 198 g/mol. The van der Waals surface area contributed by atoms with Gasteiger partial charge in [0.05, 0.1) is 25.4 Å². The lowest BCUT2D eigenvalue weighted by atomic mass is 10.2. The molecule has 1 aromatic heterocycles. The lowest BCUT2D eigenvalue weighted by Crippen LogP contribution is -2.50. The Morgan fingerprint density at radius 3 is 3.00 bits per heavy atom. The van der Waals surface area contributed by atoms with Gasteiger partial charge in [-0.3, -0.25) is 0 Å². The van der Waals surface area contributed by atoms with Gasteiger partial charge in [0, 0.05) is 13.6 Å². The van der Waals surface area contributed by atoms with Crippen LogP contribution in [0.1, 0.15) is 6.92 Å². The zero-order chi connectivity index (χ0) is 10.8. The van der Waals surface area contributed by atoms with Crippen molar-refractivity contribution in [2.24, 2.45) is 7.05 Å². The Kier molecular flexibility index (Phi) is 2.83. The van der Waals surface area contributed by atoms with E-state index in [1.54, 1.807) is 11.7 Å². The number of aliphatic hydroxyl groups excluding tert-OH is 1. The molecule has 2 rings (SSSR count). The molecule has 1 N–H and O–H groups in total. The minimum absolute atomic E-state index is 0.0223. The van der Waals surface area contributed by atoms with Crippen LogP contribution in [0.15, 0.2) is 0 Å². The first-order valence-electron chi connectivity index (χ1n) is 4.94. The Morgan fingerprint density at radius 1 is 1.60 bits per heavy atom. The molecule has 1 aromatic rings. The number of nitrogens with zero attached hydrogens (tertiary/aromatic N) is 5. The van der Waals surface area contributed by atoms with Crippen LogP contribution in [0.2, 0.25) is 0 Å². The van der Waals surface area contributed by atoms with E-state index in [9.17, 15) is 0 Å². The number of anilines is 1. The van der Waals surface area contributed by atoms with E-state index in [2.05, 4.69) is 15.5 Å². The Hall–Kier alpha value is -1.21. The van der Waals surface area contributed by atoms with E-state index in [0.29, 0.717) is 19.1 Å². The van der Waals surface area contributed by atoms with Crippen molar-refractivity contribution in [2.75, 3.05) is 24.7 Å². The van der Waals surface area contributed by atoms with Crippen LogP contribution < -0.4 is 4.90 Å². The number of hydrogen-bond donors (Lipinski definition) is 1. The molecule has 7 heteroatoms. The summed E-state index contributed by atoms with van der Waals surface area (Å²) in [5.41, 5.74) is 0. The Morgan fingerprint density at radius 2 is 2.40 bits per heavy atom. The van der Waals surface area contributed by atoms with Crippen molar-refractivity contribution in [2.45, 2.75) is 19.1 Å². The van der Waals surface area contributed by atoms with Gasteiger partial charge in [-0.2, -0.15) is 0 Å². The molecule has 0 saturated carbocycles. The maximum absolute atomic E-state index is 9.05. The minimum atomic E-state index is -0.155. The van der Waals surface area contributed by atoms with Crippen LogP contribution in [0, 0.1) is 0 Å². The molecule has 15 heavy (non-hydrogen) atoms. The average Bonchev–Trinajstić information content (AvgIpc) is 2.65. The van der Waals surface area contributed by atoms with Gasteiger partial charge in [0.25, 0.3) is 0 Å². The lowest BCUT2D eigenvalue weighted by Gasteiger charge is -2.37. The second kappa shape index (κ2) is 4.11. The molecular formula is C8H15N5O2. The lowest BCUT2D eigenvalue weighted by molar-refractivity contribution is -0.0110. The zero-order valence-corrected chi connectivity index (χ0v) is 8.87. The molecule has 0 spiro atoms. The summed E-state index contributed by atoms with van der Waals surface area (Å²) in [5.74, 6) is 0.712. The first-order chi connectivity index (χ1) is 7.22. The van der Waals surface area contributed by atoms with Crippen LogP contribution >= 0.6 is 0 Å². The van der Waals surface area contributed by atoms with Crippen molar-refractivity contribution in [3.05, 3.63) is 0 Å². The van der Waals surface area contributed by atoms with Gasteiger partial charge in [-0.1, -0.05) is 5.10 Å². The molecule has 2 heterocycles. The normalized spacial score (nSPS) is 27.0. The van der Waals surface area contributed by atoms with Crippen LogP contribution in [0.25, 0.3) is 0 Å². The van der Waals surface area contributed by atoms with E-state index in [-0.39, 0.29) is 18.8 Å². The van der Waals surface area contributed by atoms with Gasteiger partial charge < -0.3 is 14.7 Å². The number of hydrogen-bond acceptors (Lipinski definition) is 6. The molecule has 2 atom stereocenters. The molecule has 1 aliphatic heterocycles. The number of ether oxygens (including phenoxy) is 1. The zero-order valence-electron chi connectivity index (χ0n) is 8.87. The quantitative estimate of drug-likeness (QED) is 0.664. The second-order valence-corrected chi connectivity index (χ2v) is 3.74. The standard InChI is InChI=1S/C8H15N5O2/c1-6-5-15-7(4-14)3-13(6)8-9-10-11-12(8)2/h6-7,14H,3-5H2,1-2H3. The third-order valence-electron chi connectivity index (χ3n) is 2.56. The number of tetrazole rings is 1. The number of morpholine rings is 1. The van der Waals surface area contributed by atoms with E-state index < -0.39 is 0 Å². The van der Waals surface area contributed by atoms with E-state index in [4.69, 9.17) is 9.84 Å². The molecule has 7 nitrogen and oxygen atoms in total. The van der Waals surface area contributed by atoms with Gasteiger partial charge in [0.15, 0.2) is 0 Å². The first-order valence-corrected chi connectivity index (χ1v) is 4.94. The molecule has 0 amide bonds. The molecule has 1 saturated heterocycles. The van der Waals surface area contributed by atoms with Crippen molar-refractivity contribution >= 4 is 5.95 Å². The highest BCUT2D eigenvalue weighted by molar-refractivity contribution is 5.30. The van der Waals surface area contributed by atoms with E-state index in [1.807, 2.05) is 11.8 Å². The highest BCUT2D eigenvalue weighted by Crippen LogP contribution is 2.17. The van der Waals surface area contributed by atoms with Crippen molar-refractivity contribution in [1.82, 2.24) is 20.2 Å². The van der Waals surface area contributed by atoms with E-state index >= 15 is 0 Å². The average molecular weight is 213 g/mol. The molecule has 0 aliphatic carbocycles. The highest BCUT2D eigenvalue weighted by atomic mass is 16.5. The maximum Gasteiger partial charge on any atom is 0.245 e. The molecule has 0 radical (unpaired) electrons. The van der Waals surface area contributed by atoms with Gasteiger partial charge in [0.1, 0.15) is 0 Å². The van der Waals surface area contributed by atoms with Crippen LogP contribution in [-0.2, 0) is 11.8 Å². The fraction of sp³-hybridized carbons (Fsp3) is 0.875. The first kappa shape index (κ1) is 10.3. The van der Waals surface area contributed by atoms with Crippen LogP contribution in [-0.4, -0.2) is 57.2 Å². The number of aliphatic hydroxyl groups is 1. The maximum atomic E-state index is 9.05. The van der Waals surface area contributed by atoms with Gasteiger partial charge in [0.2, 0.25) is 5.95 Å². The topological polar surface area (TPSA) is 76.3 Å². The summed E-state index contributed by atoms with van der Waals surface area (Å²) in [5, 5.41) is 20.4. The fourth-order valence-electron chi connectivity index (χ4n) is 1.67. The smallest absolute Gasteiger partial charge is 0.245 e. The largest absolute Gasteiger partial charge is 0.394 e. The van der Waals surface area contributed by atoms with Crippen LogP contribution in [0.5, 0.6) is 0 Å². The minimum Gasteiger partial charge on any atom is -0.394 e. The summed E-state index contributed by atoms with van der Waals surface area (Å²) in [4.78, 5) is 2.05. The van der Waals surface area contributed by atoms with Crippen molar-refractivity contribution in [3.8, 4) is 0 Å². The molecule has 0 aromatic carbocycles. The summed E-state index contributed by atoms with van der Waals surface area (Å²) in [7, 11) is 1.80. The summed E-state index contributed by atoms with van der Waals surface area (Å²) < 4.78 is 7.06. The van der Waals surface area contributed by atoms with Crippen molar-refractivity contribution < 1.29 is 9.84 Å². The number of rotatable bonds is 2. The van der Waals surface area contributed by atoms with Gasteiger partial charge >= 0.3 is 0 Å². The fourth-order valence-corrected chi connectivity index (χ4v) is 1.67. The van der Waals surface area contributed by atoms with E-state index in [0.717, 1.165) is 0 Å². The predicted octanol–water partition coefficient (Wildman–Crippen LogP) is -1.20. The molecule has 1 fully saturated rings. The Balaban J connectivity index is 2.16. The highest BCUT2D eigenvalue weighted by Gasteiger charge is 2.28. The summed E-state index contributed by atoms with van der Waals surface area (Å²) in [6, 6.07) is 0.220. The van der Waals surface area contributed by atoms with Crippen molar-refractivity contribution in [3.63, 3.8) is 0 Å². The third-order valence-corrected chi connectivity index (χ3v) is 2.56. The number of aryl methyl sites for hydroxylation is 1. The van der Waals surface area contributed by atoms with Gasteiger partial charge in [-0.15, -0.1) is 0 Å². The third kappa shape index (κ3) is 1.93. The summed E-state index contributed by atoms with van der Waals surface area (Å²) >= 11 is 0. The van der Waals surface area contributed by atoms with Gasteiger partial charge in [-0.25, -0.2) is 4.68 Å². The van der Waals surface area contributed by atoms with Crippen LogP contribution in [0.3, 0.4) is 0 Å². The molecule has 2 unspecified atom stereocenters. The van der Waals surface area contributed by atoms with Crippen LogP contribution in [0.4, 0.5) is 5.95 Å². The SMILES string of the molecule is CC1COC(CO)CN1c1nnnn1C. The Labute approximate surface area is 87.6 Å².